The maximum absolute atomic E-state index is 14.0. The summed E-state index contributed by atoms with van der Waals surface area (Å²) in [6.07, 6.45) is 3.70. The van der Waals surface area contributed by atoms with Gasteiger partial charge in [0.05, 0.1) is 5.52 Å². The topological polar surface area (TPSA) is 74.3 Å². The summed E-state index contributed by atoms with van der Waals surface area (Å²) in [5.41, 5.74) is 1.28. The molecular weight excluding hydrogens is 426 g/mol. The van der Waals surface area contributed by atoms with E-state index in [4.69, 9.17) is 4.74 Å². The Morgan fingerprint density at radius 1 is 1.03 bits per heavy atom. The third kappa shape index (κ3) is 7.11. The Labute approximate surface area is 192 Å². The van der Waals surface area contributed by atoms with Crippen LogP contribution in [0, 0.1) is 0 Å². The van der Waals surface area contributed by atoms with E-state index in [9.17, 15) is 18.7 Å². The largest absolute Gasteiger partial charge is 0.506 e. The molecule has 3 aromatic rings. The lowest BCUT2D eigenvalue weighted by atomic mass is 9.96. The number of halogens is 2. The Morgan fingerprint density at radius 2 is 1.79 bits per heavy atom. The maximum Gasteiger partial charge on any atom is 0.296 e. The van der Waals surface area contributed by atoms with E-state index in [0.29, 0.717) is 12.1 Å². The van der Waals surface area contributed by atoms with Gasteiger partial charge in [0.15, 0.2) is 0 Å². The van der Waals surface area contributed by atoms with Gasteiger partial charge in [0.1, 0.15) is 12.4 Å². The first kappa shape index (κ1) is 24.9. The lowest BCUT2D eigenvalue weighted by Gasteiger charge is -2.17. The number of H-pyrrole nitrogens is 1. The molecule has 0 fully saturated rings. The minimum atomic E-state index is -2.96. The van der Waals surface area contributed by atoms with Crippen molar-refractivity contribution in [3.8, 4) is 5.75 Å². The lowest BCUT2D eigenvalue weighted by Crippen LogP contribution is -2.22. The zero-order chi connectivity index (χ0) is 23.7. The highest BCUT2D eigenvalue weighted by molar-refractivity contribution is 5.87. The molecule has 1 unspecified atom stereocenters. The molecule has 0 amide bonds. The second-order valence-corrected chi connectivity index (χ2v) is 8.43. The van der Waals surface area contributed by atoms with E-state index < -0.39 is 12.5 Å². The highest BCUT2D eigenvalue weighted by Gasteiger charge is 2.31. The molecule has 0 spiro atoms. The van der Waals surface area contributed by atoms with Crippen molar-refractivity contribution in [1.82, 2.24) is 10.3 Å². The average Bonchev–Trinajstić information content (AvgIpc) is 2.81. The molecule has 178 valence electrons. The molecule has 2 aromatic carbocycles. The van der Waals surface area contributed by atoms with Crippen LogP contribution >= 0.6 is 0 Å². The summed E-state index contributed by atoms with van der Waals surface area (Å²) in [7, 11) is 0. The number of nitrogens with one attached hydrogen (secondary N) is 2. The van der Waals surface area contributed by atoms with E-state index in [0.717, 1.165) is 49.7 Å². The summed E-state index contributed by atoms with van der Waals surface area (Å²) >= 11 is 0. The van der Waals surface area contributed by atoms with Crippen LogP contribution in [-0.4, -0.2) is 36.4 Å². The van der Waals surface area contributed by atoms with E-state index in [2.05, 4.69) is 17.2 Å². The number of ether oxygens (including phenoxy) is 1. The maximum atomic E-state index is 14.0. The van der Waals surface area contributed by atoms with E-state index in [-0.39, 0.29) is 22.8 Å². The van der Waals surface area contributed by atoms with Crippen molar-refractivity contribution in [2.24, 2.45) is 0 Å². The van der Waals surface area contributed by atoms with Crippen molar-refractivity contribution < 1.29 is 18.6 Å². The van der Waals surface area contributed by atoms with Gasteiger partial charge in [-0.15, -0.1) is 0 Å². The van der Waals surface area contributed by atoms with Crippen molar-refractivity contribution in [3.05, 3.63) is 76.1 Å². The Kier molecular flexibility index (Phi) is 8.97. The zero-order valence-electron chi connectivity index (χ0n) is 18.9. The van der Waals surface area contributed by atoms with Crippen LogP contribution in [0.2, 0.25) is 0 Å². The molecule has 3 N–H and O–H groups in total. The minimum absolute atomic E-state index is 0.0149. The number of hydrogen-bond acceptors (Lipinski definition) is 4. The second kappa shape index (κ2) is 11.9. The van der Waals surface area contributed by atoms with Gasteiger partial charge < -0.3 is 20.1 Å². The quantitative estimate of drug-likeness (QED) is 0.304. The number of alkyl halides is 2. The molecule has 0 saturated heterocycles. The van der Waals surface area contributed by atoms with E-state index >= 15 is 0 Å². The van der Waals surface area contributed by atoms with Crippen molar-refractivity contribution >= 4 is 10.9 Å². The van der Waals surface area contributed by atoms with Gasteiger partial charge in [0.25, 0.3) is 5.92 Å². The Hall–Kier alpha value is -2.77. The van der Waals surface area contributed by atoms with Gasteiger partial charge in [-0.2, -0.15) is 8.78 Å². The molecule has 7 heteroatoms. The van der Waals surface area contributed by atoms with Crippen molar-refractivity contribution in [3.63, 3.8) is 0 Å². The van der Waals surface area contributed by atoms with Gasteiger partial charge in [-0.25, -0.2) is 0 Å². The molecule has 0 saturated carbocycles. The normalized spacial score (nSPS) is 12.8. The van der Waals surface area contributed by atoms with Crippen LogP contribution < -0.4 is 10.9 Å². The number of unbranched alkanes of at least 4 members (excludes halogenated alkanes) is 3. The highest BCUT2D eigenvalue weighted by atomic mass is 19.3. The molecule has 3 rings (SSSR count). The first-order valence-corrected chi connectivity index (χ1v) is 11.5. The van der Waals surface area contributed by atoms with Gasteiger partial charge in [-0.05, 0) is 43.0 Å². The molecule has 1 atom stereocenters. The molecule has 0 aliphatic heterocycles. The minimum Gasteiger partial charge on any atom is -0.506 e. The van der Waals surface area contributed by atoms with Crippen LogP contribution in [0.4, 0.5) is 8.78 Å². The van der Waals surface area contributed by atoms with Gasteiger partial charge in [0.2, 0.25) is 5.56 Å². The number of phenolic OH excluding ortho intramolecular Hbond substituents is 1. The average molecular weight is 459 g/mol. The first-order valence-electron chi connectivity index (χ1n) is 11.5. The predicted molar refractivity (Wildman–Crippen MR) is 127 cm³/mol. The summed E-state index contributed by atoms with van der Waals surface area (Å²) in [6, 6.07) is 14.5. The molecule has 1 heterocycles. The number of phenols is 1. The number of aromatic amines is 1. The third-order valence-electron chi connectivity index (χ3n) is 5.76. The van der Waals surface area contributed by atoms with Crippen LogP contribution in [0.25, 0.3) is 10.9 Å². The summed E-state index contributed by atoms with van der Waals surface area (Å²) in [5, 5.41) is 14.3. The fraction of sp³-hybridized carbons (Fsp3) is 0.423. The molecular formula is C26H32F2N2O3. The monoisotopic (exact) mass is 458 g/mol. The fourth-order valence-electron chi connectivity index (χ4n) is 3.89. The van der Waals surface area contributed by atoms with Crippen molar-refractivity contribution in [2.75, 3.05) is 26.3 Å². The molecule has 5 nitrogen and oxygen atoms in total. The SMILES string of the molecule is CC(CNCCCCCCOCC(F)(F)c1ccccc1)c1ccc(O)c2[nH]c(=O)ccc12. The number of rotatable bonds is 13. The number of aromatic nitrogens is 1. The van der Waals surface area contributed by atoms with E-state index in [1.807, 2.05) is 6.07 Å². The van der Waals surface area contributed by atoms with Crippen LogP contribution in [0.1, 0.15) is 49.7 Å². The fourth-order valence-corrected chi connectivity index (χ4v) is 3.89. The summed E-state index contributed by atoms with van der Waals surface area (Å²) < 4.78 is 33.2. The van der Waals surface area contributed by atoms with Gasteiger partial charge in [-0.3, -0.25) is 4.79 Å². The van der Waals surface area contributed by atoms with Crippen molar-refractivity contribution in [2.45, 2.75) is 44.4 Å². The van der Waals surface area contributed by atoms with E-state index in [1.54, 1.807) is 30.3 Å². The molecule has 0 aliphatic carbocycles. The Morgan fingerprint density at radius 3 is 2.58 bits per heavy atom. The van der Waals surface area contributed by atoms with Gasteiger partial charge in [0, 0.05) is 30.2 Å². The summed E-state index contributed by atoms with van der Waals surface area (Å²) in [6.45, 7) is 3.49. The van der Waals surface area contributed by atoms with Crippen LogP contribution in [0.15, 0.2) is 59.4 Å². The number of benzene rings is 2. The smallest absolute Gasteiger partial charge is 0.296 e. The number of pyridine rings is 1. The number of hydrogen-bond donors (Lipinski definition) is 3. The zero-order valence-corrected chi connectivity index (χ0v) is 18.9. The molecule has 33 heavy (non-hydrogen) atoms. The predicted octanol–water partition coefficient (Wildman–Crippen LogP) is 5.30. The van der Waals surface area contributed by atoms with Gasteiger partial charge >= 0.3 is 0 Å². The molecule has 0 bridgehead atoms. The third-order valence-corrected chi connectivity index (χ3v) is 5.76. The Balaban J connectivity index is 1.29. The second-order valence-electron chi connectivity index (χ2n) is 8.43. The number of aromatic hydroxyl groups is 1. The van der Waals surface area contributed by atoms with Crippen molar-refractivity contribution in [1.29, 1.82) is 0 Å². The van der Waals surface area contributed by atoms with E-state index in [1.165, 1.54) is 18.2 Å². The van der Waals surface area contributed by atoms with Crippen LogP contribution in [-0.2, 0) is 10.7 Å². The standard InChI is InChI=1S/C26H32F2N2O3/c1-19(21-11-13-23(31)25-22(21)12-14-24(32)30-25)17-29-15-7-2-3-8-16-33-18-26(27,28)20-9-5-4-6-10-20/h4-6,9-14,19,29,31H,2-3,7-8,15-18H2,1H3,(H,30,32). The number of fused-ring (bicyclic) bond motifs is 1. The lowest BCUT2D eigenvalue weighted by molar-refractivity contribution is -0.0831. The molecule has 0 aliphatic rings. The van der Waals surface area contributed by atoms with Crippen LogP contribution in [0.3, 0.4) is 0 Å². The van der Waals surface area contributed by atoms with Gasteiger partial charge in [-0.1, -0.05) is 56.2 Å². The summed E-state index contributed by atoms with van der Waals surface area (Å²) in [4.78, 5) is 14.3. The Bertz CT molecular complexity index is 1070. The molecule has 0 radical (unpaired) electrons. The molecule has 1 aromatic heterocycles. The summed E-state index contributed by atoms with van der Waals surface area (Å²) in [5.74, 6) is -2.68. The van der Waals surface area contributed by atoms with Crippen LogP contribution in [0.5, 0.6) is 5.75 Å². The highest BCUT2D eigenvalue weighted by Crippen LogP contribution is 2.29. The first-order chi connectivity index (χ1) is 15.9.